The molecule has 0 aliphatic carbocycles. The molecule has 188 valence electrons. The molecule has 4 heterocycles. The summed E-state index contributed by atoms with van der Waals surface area (Å²) in [6.07, 6.45) is 4.46. The Labute approximate surface area is 208 Å². The molecule has 1 fully saturated rings. The van der Waals surface area contributed by atoms with Crippen molar-refractivity contribution in [2.75, 3.05) is 42.9 Å². The lowest BCUT2D eigenvalue weighted by atomic mass is 10.1. The topological polar surface area (TPSA) is 87.9 Å². The Balaban J connectivity index is 1.40. The molecule has 0 radical (unpaired) electrons. The SMILES string of the molecule is CCN1CCN(c2cnc(Nc3ncnc(-c4cc(F)c5nc(C)n(C(C)C)c5c4)c3F)cn2)CC1. The van der Waals surface area contributed by atoms with E-state index in [4.69, 9.17) is 0 Å². The summed E-state index contributed by atoms with van der Waals surface area (Å²) in [5.41, 5.74) is 1.13. The third-order valence-corrected chi connectivity index (χ3v) is 6.53. The number of imidazole rings is 1. The van der Waals surface area contributed by atoms with E-state index in [0.29, 0.717) is 22.7 Å². The van der Waals surface area contributed by atoms with Crippen LogP contribution in [0.15, 0.2) is 30.9 Å². The van der Waals surface area contributed by atoms with E-state index in [1.165, 1.54) is 12.4 Å². The normalized spacial score (nSPS) is 14.7. The fraction of sp³-hybridized carbons (Fsp3) is 0.400. The van der Waals surface area contributed by atoms with Crippen molar-refractivity contribution >= 4 is 28.5 Å². The summed E-state index contributed by atoms with van der Waals surface area (Å²) in [6.45, 7) is 12.7. The number of piperazine rings is 1. The van der Waals surface area contributed by atoms with Gasteiger partial charge in [-0.1, -0.05) is 6.92 Å². The van der Waals surface area contributed by atoms with Crippen LogP contribution in [0.2, 0.25) is 0 Å². The number of likely N-dealkylation sites (N-methyl/N-ethyl adjacent to an activating group) is 1. The van der Waals surface area contributed by atoms with Crippen LogP contribution in [0.1, 0.15) is 32.6 Å². The van der Waals surface area contributed by atoms with Crippen LogP contribution in [0.25, 0.3) is 22.3 Å². The molecule has 0 spiro atoms. The highest BCUT2D eigenvalue weighted by atomic mass is 19.1. The van der Waals surface area contributed by atoms with Gasteiger partial charge in [0.15, 0.2) is 17.5 Å². The summed E-state index contributed by atoms with van der Waals surface area (Å²) < 4.78 is 32.3. The fourth-order valence-electron chi connectivity index (χ4n) is 4.68. The van der Waals surface area contributed by atoms with Crippen LogP contribution in [0.5, 0.6) is 0 Å². The largest absolute Gasteiger partial charge is 0.353 e. The Morgan fingerprint density at radius 2 is 1.78 bits per heavy atom. The number of nitrogens with one attached hydrogen (secondary N) is 1. The summed E-state index contributed by atoms with van der Waals surface area (Å²) in [5.74, 6) is 0.526. The summed E-state index contributed by atoms with van der Waals surface area (Å²) in [5, 5.41) is 2.88. The van der Waals surface area contributed by atoms with Gasteiger partial charge in [-0.2, -0.15) is 0 Å². The monoisotopic (exact) mass is 493 g/mol. The minimum atomic E-state index is -0.704. The minimum absolute atomic E-state index is 0.0131. The summed E-state index contributed by atoms with van der Waals surface area (Å²) in [7, 11) is 0. The number of halogens is 2. The molecule has 1 aliphatic rings. The third-order valence-electron chi connectivity index (χ3n) is 6.53. The Morgan fingerprint density at radius 3 is 2.44 bits per heavy atom. The molecule has 1 saturated heterocycles. The van der Waals surface area contributed by atoms with Gasteiger partial charge in [-0.05, 0) is 39.4 Å². The van der Waals surface area contributed by atoms with Crippen molar-refractivity contribution in [2.24, 2.45) is 0 Å². The van der Waals surface area contributed by atoms with Crippen LogP contribution in [0.3, 0.4) is 0 Å². The number of hydrogen-bond donors (Lipinski definition) is 1. The second-order valence-corrected chi connectivity index (χ2v) is 9.14. The second-order valence-electron chi connectivity index (χ2n) is 9.14. The Bertz CT molecular complexity index is 1380. The third kappa shape index (κ3) is 4.46. The molecule has 9 nitrogen and oxygen atoms in total. The molecule has 1 aromatic carbocycles. The van der Waals surface area contributed by atoms with E-state index in [9.17, 15) is 4.39 Å². The fourth-order valence-corrected chi connectivity index (χ4v) is 4.68. The summed E-state index contributed by atoms with van der Waals surface area (Å²) >= 11 is 0. The van der Waals surface area contributed by atoms with E-state index in [2.05, 4.69) is 47.0 Å². The van der Waals surface area contributed by atoms with Crippen molar-refractivity contribution in [1.82, 2.24) is 34.4 Å². The predicted octanol–water partition coefficient (Wildman–Crippen LogP) is 4.34. The smallest absolute Gasteiger partial charge is 0.192 e. The van der Waals surface area contributed by atoms with Crippen molar-refractivity contribution in [3.8, 4) is 11.3 Å². The maximum Gasteiger partial charge on any atom is 0.192 e. The lowest BCUT2D eigenvalue weighted by molar-refractivity contribution is 0.270. The number of hydrogen-bond acceptors (Lipinski definition) is 8. The number of rotatable bonds is 6. The molecule has 1 aliphatic heterocycles. The Kier molecular flexibility index (Phi) is 6.48. The van der Waals surface area contributed by atoms with Crippen molar-refractivity contribution in [3.63, 3.8) is 0 Å². The maximum atomic E-state index is 15.5. The van der Waals surface area contributed by atoms with Crippen LogP contribution < -0.4 is 10.2 Å². The second kappa shape index (κ2) is 9.73. The van der Waals surface area contributed by atoms with Crippen LogP contribution in [-0.2, 0) is 0 Å². The van der Waals surface area contributed by atoms with Crippen molar-refractivity contribution < 1.29 is 8.78 Å². The zero-order chi connectivity index (χ0) is 25.4. The molecule has 0 bridgehead atoms. The van der Waals surface area contributed by atoms with Crippen LogP contribution in [-0.4, -0.2) is 67.1 Å². The quantitative estimate of drug-likeness (QED) is 0.425. The molecule has 0 atom stereocenters. The van der Waals surface area contributed by atoms with Gasteiger partial charge in [-0.15, -0.1) is 0 Å². The van der Waals surface area contributed by atoms with Gasteiger partial charge in [0.1, 0.15) is 35.0 Å². The highest BCUT2D eigenvalue weighted by molar-refractivity contribution is 5.83. The molecule has 0 amide bonds. The molecule has 36 heavy (non-hydrogen) atoms. The zero-order valence-corrected chi connectivity index (χ0v) is 20.8. The van der Waals surface area contributed by atoms with Crippen LogP contribution in [0, 0.1) is 18.6 Å². The predicted molar refractivity (Wildman–Crippen MR) is 135 cm³/mol. The number of fused-ring (bicyclic) bond motifs is 1. The molecule has 3 aromatic heterocycles. The van der Waals surface area contributed by atoms with E-state index in [0.717, 1.165) is 38.5 Å². The number of anilines is 3. The number of benzene rings is 1. The molecule has 1 N–H and O–H groups in total. The first-order valence-electron chi connectivity index (χ1n) is 12.1. The molecular weight excluding hydrogens is 464 g/mol. The van der Waals surface area contributed by atoms with E-state index in [1.54, 1.807) is 18.5 Å². The average Bonchev–Trinajstić information content (AvgIpc) is 3.22. The first-order chi connectivity index (χ1) is 17.4. The molecule has 4 aromatic rings. The highest BCUT2D eigenvalue weighted by Crippen LogP contribution is 2.31. The van der Waals surface area contributed by atoms with Crippen LogP contribution in [0.4, 0.5) is 26.2 Å². The van der Waals surface area contributed by atoms with E-state index < -0.39 is 11.6 Å². The average molecular weight is 494 g/mol. The van der Waals surface area contributed by atoms with Gasteiger partial charge in [0, 0.05) is 37.8 Å². The number of nitrogens with zero attached hydrogens (tertiary/aromatic N) is 8. The standard InChI is InChI=1S/C25H29F2N9/c1-5-34-6-8-35(9-7-34)21-13-28-20(12-29-21)33-25-22(27)23(30-14-31-25)17-10-18(26)24-19(11-17)36(15(2)3)16(4)32-24/h10-15H,5-9H2,1-4H3,(H,28,30,31,33). The van der Waals surface area contributed by atoms with E-state index in [-0.39, 0.29) is 23.1 Å². The van der Waals surface area contributed by atoms with Gasteiger partial charge in [0.25, 0.3) is 0 Å². The van der Waals surface area contributed by atoms with Gasteiger partial charge >= 0.3 is 0 Å². The molecule has 5 rings (SSSR count). The van der Waals surface area contributed by atoms with E-state index >= 15 is 4.39 Å². The summed E-state index contributed by atoms with van der Waals surface area (Å²) in [6, 6.07) is 3.02. The molecule has 0 unspecified atom stereocenters. The van der Waals surface area contributed by atoms with Gasteiger partial charge in [0.2, 0.25) is 0 Å². The van der Waals surface area contributed by atoms with Crippen molar-refractivity contribution in [1.29, 1.82) is 0 Å². The van der Waals surface area contributed by atoms with Gasteiger partial charge < -0.3 is 19.7 Å². The Hall–Kier alpha value is -3.73. The molecular formula is C25H29F2N9. The molecule has 11 heteroatoms. The van der Waals surface area contributed by atoms with Crippen LogP contribution >= 0.6 is 0 Å². The Morgan fingerprint density at radius 1 is 1.00 bits per heavy atom. The highest BCUT2D eigenvalue weighted by Gasteiger charge is 2.20. The van der Waals surface area contributed by atoms with Gasteiger partial charge in [-0.3, -0.25) is 0 Å². The number of aryl methyl sites for hydroxylation is 1. The lowest BCUT2D eigenvalue weighted by Gasteiger charge is -2.34. The first kappa shape index (κ1) is 24.0. The maximum absolute atomic E-state index is 15.5. The number of aromatic nitrogens is 6. The van der Waals surface area contributed by atoms with Crippen molar-refractivity contribution in [2.45, 2.75) is 33.7 Å². The van der Waals surface area contributed by atoms with Gasteiger partial charge in [0.05, 0.1) is 17.9 Å². The van der Waals surface area contributed by atoms with Gasteiger partial charge in [-0.25, -0.2) is 33.7 Å². The van der Waals surface area contributed by atoms with E-state index in [1.807, 2.05) is 25.3 Å². The lowest BCUT2D eigenvalue weighted by Crippen LogP contribution is -2.46. The summed E-state index contributed by atoms with van der Waals surface area (Å²) in [4.78, 5) is 25.9. The first-order valence-corrected chi connectivity index (χ1v) is 12.1. The van der Waals surface area contributed by atoms with Crippen molar-refractivity contribution in [3.05, 3.63) is 48.3 Å². The zero-order valence-electron chi connectivity index (χ0n) is 20.8. The molecule has 0 saturated carbocycles. The minimum Gasteiger partial charge on any atom is -0.353 e.